The van der Waals surface area contributed by atoms with Crippen molar-refractivity contribution in [2.45, 2.75) is 46.3 Å². The van der Waals surface area contributed by atoms with Crippen LogP contribution in [-0.4, -0.2) is 45.6 Å². The predicted molar refractivity (Wildman–Crippen MR) is 89.5 cm³/mol. The van der Waals surface area contributed by atoms with Crippen molar-refractivity contribution in [3.05, 3.63) is 35.2 Å². The Kier molecular flexibility index (Phi) is 3.84. The summed E-state index contributed by atoms with van der Waals surface area (Å²) >= 11 is 0. The lowest BCUT2D eigenvalue weighted by Crippen LogP contribution is -2.57. The summed E-state index contributed by atoms with van der Waals surface area (Å²) in [5, 5.41) is 0. The number of amides is 1. The number of rotatable bonds is 1. The SMILES string of the molecule is Cc1nc2ccc(C(=O)N3CC(C)OCC3(C)C)cc2nc1C. The van der Waals surface area contributed by atoms with Crippen molar-refractivity contribution in [1.29, 1.82) is 0 Å². The molecule has 0 bridgehead atoms. The van der Waals surface area contributed by atoms with Gasteiger partial charge in [-0.15, -0.1) is 0 Å². The Labute approximate surface area is 136 Å². The number of benzene rings is 1. The zero-order valence-corrected chi connectivity index (χ0v) is 14.4. The maximum absolute atomic E-state index is 13.0. The molecule has 0 N–H and O–H groups in total. The quantitative estimate of drug-likeness (QED) is 0.812. The zero-order chi connectivity index (χ0) is 16.8. The lowest BCUT2D eigenvalue weighted by Gasteiger charge is -2.44. The predicted octanol–water partition coefficient (Wildman–Crippen LogP) is 2.89. The van der Waals surface area contributed by atoms with Crippen molar-refractivity contribution >= 4 is 16.9 Å². The summed E-state index contributed by atoms with van der Waals surface area (Å²) in [6.07, 6.45) is 0.0529. The molecule has 1 saturated heterocycles. The molecule has 2 heterocycles. The van der Waals surface area contributed by atoms with E-state index in [1.807, 2.05) is 57.7 Å². The topological polar surface area (TPSA) is 55.3 Å². The standard InChI is InChI=1S/C18H23N3O2/c1-11-9-21(18(4,5)10-23-11)17(22)14-6-7-15-16(8-14)20-13(3)12(2)19-15/h6-8,11H,9-10H2,1-5H3. The molecule has 5 nitrogen and oxygen atoms in total. The van der Waals surface area contributed by atoms with Crippen LogP contribution in [0.4, 0.5) is 0 Å². The van der Waals surface area contributed by atoms with Gasteiger partial charge in [0.15, 0.2) is 0 Å². The molecular formula is C18H23N3O2. The summed E-state index contributed by atoms with van der Waals surface area (Å²) in [4.78, 5) is 24.0. The summed E-state index contributed by atoms with van der Waals surface area (Å²) in [6, 6.07) is 5.55. The first-order chi connectivity index (χ1) is 10.8. The molecular weight excluding hydrogens is 290 g/mol. The van der Waals surface area contributed by atoms with Gasteiger partial charge in [-0.25, -0.2) is 9.97 Å². The smallest absolute Gasteiger partial charge is 0.254 e. The van der Waals surface area contributed by atoms with Crippen molar-refractivity contribution in [2.75, 3.05) is 13.2 Å². The number of aryl methyl sites for hydroxylation is 2. The summed E-state index contributed by atoms with van der Waals surface area (Å²) in [5.41, 5.74) is 3.73. The lowest BCUT2D eigenvalue weighted by molar-refractivity contribution is -0.0755. The summed E-state index contributed by atoms with van der Waals surface area (Å²) in [5.74, 6) is 0.0204. The van der Waals surface area contributed by atoms with E-state index in [2.05, 4.69) is 9.97 Å². The van der Waals surface area contributed by atoms with Crippen molar-refractivity contribution in [3.63, 3.8) is 0 Å². The van der Waals surface area contributed by atoms with E-state index >= 15 is 0 Å². The second-order valence-corrected chi connectivity index (χ2v) is 6.95. The molecule has 1 aliphatic rings. The van der Waals surface area contributed by atoms with Crippen molar-refractivity contribution in [2.24, 2.45) is 0 Å². The third-order valence-electron chi connectivity index (χ3n) is 4.46. The Hall–Kier alpha value is -2.01. The van der Waals surface area contributed by atoms with E-state index in [9.17, 15) is 4.79 Å². The number of fused-ring (bicyclic) bond motifs is 1. The van der Waals surface area contributed by atoms with Crippen LogP contribution in [0.2, 0.25) is 0 Å². The Bertz CT molecular complexity index is 770. The van der Waals surface area contributed by atoms with Crippen LogP contribution >= 0.6 is 0 Å². The maximum atomic E-state index is 13.0. The second-order valence-electron chi connectivity index (χ2n) is 6.95. The highest BCUT2D eigenvalue weighted by molar-refractivity contribution is 5.97. The fraction of sp³-hybridized carbons (Fsp3) is 0.500. The third kappa shape index (κ3) is 2.93. The third-order valence-corrected chi connectivity index (χ3v) is 4.46. The largest absolute Gasteiger partial charge is 0.374 e. The molecule has 1 fully saturated rings. The van der Waals surface area contributed by atoms with Crippen LogP contribution in [0.25, 0.3) is 11.0 Å². The van der Waals surface area contributed by atoms with Gasteiger partial charge in [0, 0.05) is 12.1 Å². The van der Waals surface area contributed by atoms with Crippen LogP contribution in [0.3, 0.4) is 0 Å². The normalized spacial score (nSPS) is 20.7. The Balaban J connectivity index is 1.98. The molecule has 0 spiro atoms. The van der Waals surface area contributed by atoms with Crippen LogP contribution in [0, 0.1) is 13.8 Å². The molecule has 1 aromatic carbocycles. The van der Waals surface area contributed by atoms with Gasteiger partial charge in [-0.3, -0.25) is 4.79 Å². The molecule has 1 unspecified atom stereocenters. The van der Waals surface area contributed by atoms with E-state index in [-0.39, 0.29) is 17.6 Å². The monoisotopic (exact) mass is 313 g/mol. The molecule has 1 atom stereocenters. The minimum atomic E-state index is -0.312. The lowest BCUT2D eigenvalue weighted by atomic mass is 9.99. The van der Waals surface area contributed by atoms with Gasteiger partial charge in [0.2, 0.25) is 0 Å². The highest BCUT2D eigenvalue weighted by Crippen LogP contribution is 2.25. The number of ether oxygens (including phenoxy) is 1. The molecule has 0 saturated carbocycles. The average Bonchev–Trinajstić information content (AvgIpc) is 2.50. The highest BCUT2D eigenvalue weighted by atomic mass is 16.5. The molecule has 0 aliphatic carbocycles. The maximum Gasteiger partial charge on any atom is 0.254 e. The van der Waals surface area contributed by atoms with Gasteiger partial charge in [-0.2, -0.15) is 0 Å². The van der Waals surface area contributed by atoms with Gasteiger partial charge in [0.1, 0.15) is 0 Å². The van der Waals surface area contributed by atoms with Crippen LogP contribution < -0.4 is 0 Å². The minimum Gasteiger partial charge on any atom is -0.374 e. The van der Waals surface area contributed by atoms with Crippen LogP contribution in [-0.2, 0) is 4.74 Å². The van der Waals surface area contributed by atoms with Crippen molar-refractivity contribution in [1.82, 2.24) is 14.9 Å². The van der Waals surface area contributed by atoms with E-state index in [1.165, 1.54) is 0 Å². The first-order valence-corrected chi connectivity index (χ1v) is 7.96. The summed E-state index contributed by atoms with van der Waals surface area (Å²) < 4.78 is 5.69. The van der Waals surface area contributed by atoms with E-state index in [1.54, 1.807) is 0 Å². The van der Waals surface area contributed by atoms with Gasteiger partial charge in [-0.05, 0) is 52.8 Å². The first-order valence-electron chi connectivity index (χ1n) is 7.96. The van der Waals surface area contributed by atoms with Gasteiger partial charge >= 0.3 is 0 Å². The molecule has 1 amide bonds. The molecule has 0 radical (unpaired) electrons. The molecule has 23 heavy (non-hydrogen) atoms. The Morgan fingerprint density at radius 3 is 2.57 bits per heavy atom. The number of nitrogens with zero attached hydrogens (tertiary/aromatic N) is 3. The molecule has 5 heteroatoms. The molecule has 3 rings (SSSR count). The molecule has 122 valence electrons. The van der Waals surface area contributed by atoms with Crippen LogP contribution in [0.15, 0.2) is 18.2 Å². The van der Waals surface area contributed by atoms with Crippen LogP contribution in [0.1, 0.15) is 42.5 Å². The summed E-state index contributed by atoms with van der Waals surface area (Å²) in [7, 11) is 0. The minimum absolute atomic E-state index is 0.0204. The average molecular weight is 313 g/mol. The van der Waals surface area contributed by atoms with Gasteiger partial charge < -0.3 is 9.64 Å². The van der Waals surface area contributed by atoms with Crippen LogP contribution in [0.5, 0.6) is 0 Å². The highest BCUT2D eigenvalue weighted by Gasteiger charge is 2.37. The summed E-state index contributed by atoms with van der Waals surface area (Å²) in [6.45, 7) is 11.1. The van der Waals surface area contributed by atoms with E-state index in [0.29, 0.717) is 18.7 Å². The van der Waals surface area contributed by atoms with Crippen molar-refractivity contribution < 1.29 is 9.53 Å². The fourth-order valence-corrected chi connectivity index (χ4v) is 2.86. The van der Waals surface area contributed by atoms with E-state index < -0.39 is 0 Å². The van der Waals surface area contributed by atoms with E-state index in [0.717, 1.165) is 22.4 Å². The molecule has 1 aromatic heterocycles. The Morgan fingerprint density at radius 1 is 1.22 bits per heavy atom. The number of carbonyl (C=O) groups excluding carboxylic acids is 1. The molecule has 2 aromatic rings. The van der Waals surface area contributed by atoms with Gasteiger partial charge in [0.05, 0.1) is 40.7 Å². The molecule has 1 aliphatic heterocycles. The number of carbonyl (C=O) groups is 1. The number of aromatic nitrogens is 2. The Morgan fingerprint density at radius 2 is 1.87 bits per heavy atom. The first kappa shape index (κ1) is 15.9. The number of morpholine rings is 1. The van der Waals surface area contributed by atoms with Crippen molar-refractivity contribution in [3.8, 4) is 0 Å². The fourth-order valence-electron chi connectivity index (χ4n) is 2.86. The van der Waals surface area contributed by atoms with Gasteiger partial charge in [-0.1, -0.05) is 0 Å². The van der Waals surface area contributed by atoms with E-state index in [4.69, 9.17) is 4.74 Å². The number of hydrogen-bond donors (Lipinski definition) is 0. The second kappa shape index (κ2) is 5.57. The zero-order valence-electron chi connectivity index (χ0n) is 14.4. The number of hydrogen-bond acceptors (Lipinski definition) is 4. The van der Waals surface area contributed by atoms with Gasteiger partial charge in [0.25, 0.3) is 5.91 Å².